The number of carbonyl (C=O) groups excluding carboxylic acids is 1. The van der Waals surface area contributed by atoms with Gasteiger partial charge in [0.25, 0.3) is 0 Å². The molecule has 0 spiro atoms. The van der Waals surface area contributed by atoms with Crippen molar-refractivity contribution in [3.8, 4) is 0 Å². The minimum Gasteiger partial charge on any atom is -0.341 e. The summed E-state index contributed by atoms with van der Waals surface area (Å²) >= 11 is 0. The van der Waals surface area contributed by atoms with E-state index >= 15 is 0 Å². The van der Waals surface area contributed by atoms with E-state index in [2.05, 4.69) is 10.0 Å². The van der Waals surface area contributed by atoms with Gasteiger partial charge < -0.3 is 10.2 Å². The largest absolute Gasteiger partial charge is 0.341 e. The third-order valence-corrected chi connectivity index (χ3v) is 6.70. The predicted octanol–water partition coefficient (Wildman–Crippen LogP) is 1.05. The van der Waals surface area contributed by atoms with Crippen LogP contribution in [-0.2, 0) is 27.7 Å². The number of fused-ring (bicyclic) bond motifs is 1. The van der Waals surface area contributed by atoms with E-state index in [1.165, 1.54) is 12.0 Å². The number of benzene rings is 1. The number of amides is 1. The molecule has 0 radical (unpaired) electrons. The maximum absolute atomic E-state index is 12.5. The van der Waals surface area contributed by atoms with Gasteiger partial charge in [0.05, 0.1) is 4.90 Å². The molecule has 1 amide bonds. The number of nitrogens with one attached hydrogen (secondary N) is 2. The van der Waals surface area contributed by atoms with Crippen LogP contribution in [0.3, 0.4) is 0 Å². The van der Waals surface area contributed by atoms with Crippen molar-refractivity contribution in [3.05, 3.63) is 29.3 Å². The van der Waals surface area contributed by atoms with Crippen molar-refractivity contribution in [3.63, 3.8) is 0 Å². The second kappa shape index (κ2) is 7.85. The van der Waals surface area contributed by atoms with Crippen molar-refractivity contribution in [2.75, 3.05) is 26.7 Å². The lowest BCUT2D eigenvalue weighted by atomic mass is 9.92. The zero-order valence-corrected chi connectivity index (χ0v) is 15.6. The lowest BCUT2D eigenvalue weighted by Crippen LogP contribution is -2.40. The molecule has 2 N–H and O–H groups in total. The molecule has 1 aromatic carbocycles. The summed E-state index contributed by atoms with van der Waals surface area (Å²) in [6, 6.07) is 5.60. The first kappa shape index (κ1) is 18.4. The lowest BCUT2D eigenvalue weighted by Gasteiger charge is -2.23. The number of hydrogen-bond acceptors (Lipinski definition) is 4. The third-order valence-electron chi connectivity index (χ3n) is 5.24. The van der Waals surface area contributed by atoms with Crippen LogP contribution < -0.4 is 10.0 Å². The van der Waals surface area contributed by atoms with Crippen molar-refractivity contribution < 1.29 is 13.2 Å². The zero-order valence-electron chi connectivity index (χ0n) is 14.8. The Balaban J connectivity index is 1.55. The smallest absolute Gasteiger partial charge is 0.240 e. The molecule has 1 aromatic rings. The van der Waals surface area contributed by atoms with Gasteiger partial charge >= 0.3 is 0 Å². The van der Waals surface area contributed by atoms with Crippen LogP contribution in [0.5, 0.6) is 0 Å². The Bertz CT molecular complexity index is 727. The monoisotopic (exact) mass is 365 g/mol. The second-order valence-corrected chi connectivity index (χ2v) is 8.70. The summed E-state index contributed by atoms with van der Waals surface area (Å²) in [6.45, 7) is 1.86. The van der Waals surface area contributed by atoms with Crippen LogP contribution in [0.2, 0.25) is 0 Å². The standard InChI is InChI=1S/C18H27N3O3S/c1-21(16-8-10-19-13-16)18(22)9-11-20-25(23,24)17-7-6-14-4-2-3-5-15(14)12-17/h6-7,12,16,19-20H,2-5,8-11,13H2,1H3. The Morgan fingerprint density at radius 1 is 1.28 bits per heavy atom. The van der Waals surface area contributed by atoms with Crippen LogP contribution in [0.15, 0.2) is 23.1 Å². The number of hydrogen-bond donors (Lipinski definition) is 2. The molecule has 2 aliphatic rings. The summed E-state index contributed by atoms with van der Waals surface area (Å²) in [7, 11) is -1.78. The highest BCUT2D eigenvalue weighted by molar-refractivity contribution is 7.89. The lowest BCUT2D eigenvalue weighted by molar-refractivity contribution is -0.131. The predicted molar refractivity (Wildman–Crippen MR) is 96.9 cm³/mol. The normalized spacial score (nSPS) is 20.3. The highest BCUT2D eigenvalue weighted by Gasteiger charge is 2.23. The summed E-state index contributed by atoms with van der Waals surface area (Å²) in [5.41, 5.74) is 2.39. The summed E-state index contributed by atoms with van der Waals surface area (Å²) in [4.78, 5) is 14.2. The highest BCUT2D eigenvalue weighted by Crippen LogP contribution is 2.24. The minimum atomic E-state index is -3.57. The molecular formula is C18H27N3O3S. The SMILES string of the molecule is CN(C(=O)CCNS(=O)(=O)c1ccc2c(c1)CCCC2)C1CCNC1. The van der Waals surface area contributed by atoms with Gasteiger partial charge in [0, 0.05) is 32.6 Å². The molecule has 7 heteroatoms. The van der Waals surface area contributed by atoms with Crippen LogP contribution >= 0.6 is 0 Å². The van der Waals surface area contributed by atoms with E-state index in [4.69, 9.17) is 0 Å². The van der Waals surface area contributed by atoms with Gasteiger partial charge in [-0.25, -0.2) is 13.1 Å². The molecule has 0 bridgehead atoms. The Kier molecular flexibility index (Phi) is 5.76. The second-order valence-electron chi connectivity index (χ2n) is 6.94. The first-order valence-corrected chi connectivity index (χ1v) is 10.5. The third kappa shape index (κ3) is 4.40. The molecule has 25 heavy (non-hydrogen) atoms. The maximum atomic E-state index is 12.5. The molecule has 3 rings (SSSR count). The van der Waals surface area contributed by atoms with E-state index < -0.39 is 10.0 Å². The van der Waals surface area contributed by atoms with Crippen molar-refractivity contribution in [2.45, 2.75) is 49.5 Å². The van der Waals surface area contributed by atoms with Crippen LogP contribution in [0.1, 0.15) is 36.8 Å². The molecule has 1 unspecified atom stereocenters. The molecule has 1 heterocycles. The molecular weight excluding hydrogens is 338 g/mol. The molecule has 0 saturated carbocycles. The number of rotatable bonds is 6. The van der Waals surface area contributed by atoms with E-state index in [1.807, 2.05) is 6.07 Å². The number of likely N-dealkylation sites (N-methyl/N-ethyl adjacent to an activating group) is 1. The average Bonchev–Trinajstić information content (AvgIpc) is 3.15. The van der Waals surface area contributed by atoms with E-state index in [0.717, 1.165) is 44.3 Å². The highest BCUT2D eigenvalue weighted by atomic mass is 32.2. The molecule has 138 valence electrons. The van der Waals surface area contributed by atoms with Gasteiger partial charge in [0.1, 0.15) is 0 Å². The van der Waals surface area contributed by atoms with E-state index in [0.29, 0.717) is 4.90 Å². The van der Waals surface area contributed by atoms with E-state index in [-0.39, 0.29) is 24.9 Å². The van der Waals surface area contributed by atoms with Gasteiger partial charge in [0.2, 0.25) is 15.9 Å². The quantitative estimate of drug-likeness (QED) is 0.790. The fourth-order valence-electron chi connectivity index (χ4n) is 3.60. The van der Waals surface area contributed by atoms with Gasteiger partial charge in [-0.2, -0.15) is 0 Å². The van der Waals surface area contributed by atoms with Crippen molar-refractivity contribution in [1.82, 2.24) is 14.9 Å². The Morgan fingerprint density at radius 3 is 2.76 bits per heavy atom. The number of nitrogens with zero attached hydrogens (tertiary/aromatic N) is 1. The van der Waals surface area contributed by atoms with Crippen LogP contribution in [-0.4, -0.2) is 51.9 Å². The topological polar surface area (TPSA) is 78.5 Å². The molecule has 1 fully saturated rings. The van der Waals surface area contributed by atoms with Crippen LogP contribution in [0, 0.1) is 0 Å². The van der Waals surface area contributed by atoms with Gasteiger partial charge in [-0.1, -0.05) is 6.07 Å². The fourth-order valence-corrected chi connectivity index (χ4v) is 4.68. The Morgan fingerprint density at radius 2 is 2.04 bits per heavy atom. The fraction of sp³-hybridized carbons (Fsp3) is 0.611. The molecule has 6 nitrogen and oxygen atoms in total. The van der Waals surface area contributed by atoms with Crippen LogP contribution in [0.25, 0.3) is 0 Å². The first-order chi connectivity index (χ1) is 12.0. The molecule has 1 aliphatic heterocycles. The number of carbonyl (C=O) groups is 1. The Hall–Kier alpha value is -1.44. The maximum Gasteiger partial charge on any atom is 0.240 e. The summed E-state index contributed by atoms with van der Waals surface area (Å²) < 4.78 is 27.5. The van der Waals surface area contributed by atoms with Gasteiger partial charge in [0.15, 0.2) is 0 Å². The molecule has 1 aliphatic carbocycles. The van der Waals surface area contributed by atoms with E-state index in [9.17, 15) is 13.2 Å². The van der Waals surface area contributed by atoms with Crippen molar-refractivity contribution in [1.29, 1.82) is 0 Å². The first-order valence-electron chi connectivity index (χ1n) is 9.05. The summed E-state index contributed by atoms with van der Waals surface area (Å²) in [5, 5.41) is 3.23. The Labute approximate surface area is 150 Å². The minimum absolute atomic E-state index is 0.0261. The van der Waals surface area contributed by atoms with Gasteiger partial charge in [-0.15, -0.1) is 0 Å². The van der Waals surface area contributed by atoms with Crippen molar-refractivity contribution in [2.24, 2.45) is 0 Å². The van der Waals surface area contributed by atoms with Gasteiger partial charge in [-0.3, -0.25) is 4.79 Å². The molecule has 1 saturated heterocycles. The molecule has 1 atom stereocenters. The van der Waals surface area contributed by atoms with Crippen molar-refractivity contribution >= 4 is 15.9 Å². The van der Waals surface area contributed by atoms with E-state index in [1.54, 1.807) is 24.1 Å². The number of sulfonamides is 1. The van der Waals surface area contributed by atoms with Gasteiger partial charge in [-0.05, 0) is 61.9 Å². The summed E-state index contributed by atoms with van der Waals surface area (Å²) in [5.74, 6) is -0.0261. The average molecular weight is 365 g/mol. The molecule has 0 aromatic heterocycles. The number of aryl methyl sites for hydroxylation is 2. The zero-order chi connectivity index (χ0) is 17.9. The summed E-state index contributed by atoms with van der Waals surface area (Å²) in [6.07, 6.45) is 5.38. The van der Waals surface area contributed by atoms with Crippen LogP contribution in [0.4, 0.5) is 0 Å².